The molecule has 0 aromatic rings. The lowest BCUT2D eigenvalue weighted by molar-refractivity contribution is -0.140. The normalized spacial score (nSPS) is 14.5. The highest BCUT2D eigenvalue weighted by molar-refractivity contribution is 5.87. The molecule has 4 heteroatoms. The highest BCUT2D eigenvalue weighted by Crippen LogP contribution is 2.39. The number of carbonyl (C=O) groups is 2. The molecule has 0 fully saturated rings. The van der Waals surface area contributed by atoms with Crippen LogP contribution in [0, 0.1) is 16.7 Å². The quantitative estimate of drug-likeness (QED) is 0.445. The number of amides is 1. The summed E-state index contributed by atoms with van der Waals surface area (Å²) in [6.45, 7) is 18.1. The van der Waals surface area contributed by atoms with Gasteiger partial charge in [0.2, 0.25) is 5.91 Å². The fraction of sp³-hybridized carbons (Fsp3) is 0.765. The van der Waals surface area contributed by atoms with Gasteiger partial charge in [0, 0.05) is 11.0 Å². The topological polar surface area (TPSA) is 55.4 Å². The van der Waals surface area contributed by atoms with Crippen LogP contribution in [-0.2, 0) is 14.3 Å². The molecule has 21 heavy (non-hydrogen) atoms. The van der Waals surface area contributed by atoms with Gasteiger partial charge < -0.3 is 10.1 Å². The van der Waals surface area contributed by atoms with Crippen molar-refractivity contribution >= 4 is 11.9 Å². The van der Waals surface area contributed by atoms with Gasteiger partial charge >= 0.3 is 5.97 Å². The molecule has 1 atom stereocenters. The van der Waals surface area contributed by atoms with E-state index in [2.05, 4.69) is 46.5 Å². The molecule has 0 saturated carbocycles. The van der Waals surface area contributed by atoms with E-state index >= 15 is 0 Å². The second kappa shape index (κ2) is 7.62. The summed E-state index contributed by atoms with van der Waals surface area (Å²) in [4.78, 5) is 23.7. The number of rotatable bonds is 7. The van der Waals surface area contributed by atoms with Crippen LogP contribution in [-0.4, -0.2) is 25.0 Å². The molecule has 0 saturated heterocycles. The summed E-state index contributed by atoms with van der Waals surface area (Å²) in [7, 11) is 0. The zero-order valence-electron chi connectivity index (χ0n) is 14.6. The summed E-state index contributed by atoms with van der Waals surface area (Å²) in [6, 6.07) is 0. The maximum atomic E-state index is 12.5. The van der Waals surface area contributed by atoms with Crippen LogP contribution in [0.5, 0.6) is 0 Å². The van der Waals surface area contributed by atoms with Crippen LogP contribution < -0.4 is 5.32 Å². The predicted octanol–water partition coefficient (Wildman–Crippen LogP) is 3.32. The molecule has 0 spiro atoms. The lowest BCUT2D eigenvalue weighted by Gasteiger charge is -2.37. The van der Waals surface area contributed by atoms with Crippen molar-refractivity contribution in [2.75, 3.05) is 13.2 Å². The molecule has 0 aliphatic heterocycles. The number of hydrogen-bond donors (Lipinski definition) is 1. The Kier molecular flexibility index (Phi) is 7.14. The first-order valence-corrected chi connectivity index (χ1v) is 7.51. The van der Waals surface area contributed by atoms with Crippen molar-refractivity contribution in [1.82, 2.24) is 5.32 Å². The molecule has 4 nitrogen and oxygen atoms in total. The molecule has 0 bridgehead atoms. The molecular formula is C17H31NO3. The Labute approximate surface area is 129 Å². The SMILES string of the molecule is C=C(C)C(=O)OCCNC(=O)C(C)(CC(C)(C)C)C(C)C. The standard InChI is InChI=1S/C17H31NO3/c1-12(2)14(19)21-10-9-18-15(20)17(8,13(3)4)11-16(5,6)7/h13H,1,9-11H2,2-8H3,(H,18,20). The zero-order valence-corrected chi connectivity index (χ0v) is 14.6. The Morgan fingerprint density at radius 1 is 1.19 bits per heavy atom. The average Bonchev–Trinajstić information content (AvgIpc) is 2.31. The van der Waals surface area contributed by atoms with E-state index in [4.69, 9.17) is 4.74 Å². The van der Waals surface area contributed by atoms with Crippen LogP contribution in [0.1, 0.15) is 54.9 Å². The second-order valence-corrected chi connectivity index (χ2v) is 7.48. The lowest BCUT2D eigenvalue weighted by Crippen LogP contribution is -2.45. The van der Waals surface area contributed by atoms with Crippen molar-refractivity contribution in [3.8, 4) is 0 Å². The van der Waals surface area contributed by atoms with E-state index in [9.17, 15) is 9.59 Å². The van der Waals surface area contributed by atoms with Crippen molar-refractivity contribution in [2.45, 2.75) is 54.9 Å². The Hall–Kier alpha value is -1.32. The first kappa shape index (κ1) is 19.7. The Balaban J connectivity index is 4.51. The van der Waals surface area contributed by atoms with Gasteiger partial charge in [-0.2, -0.15) is 0 Å². The number of hydrogen-bond acceptors (Lipinski definition) is 3. The van der Waals surface area contributed by atoms with Crippen LogP contribution in [0.3, 0.4) is 0 Å². The summed E-state index contributed by atoms with van der Waals surface area (Å²) in [5.41, 5.74) is 0.000393. The van der Waals surface area contributed by atoms with Crippen molar-refractivity contribution in [2.24, 2.45) is 16.7 Å². The largest absolute Gasteiger partial charge is 0.460 e. The third-order valence-electron chi connectivity index (χ3n) is 3.66. The summed E-state index contributed by atoms with van der Waals surface area (Å²) in [5.74, 6) is -0.181. The van der Waals surface area contributed by atoms with Gasteiger partial charge in [-0.05, 0) is 24.7 Å². The van der Waals surface area contributed by atoms with Crippen LogP contribution >= 0.6 is 0 Å². The molecule has 122 valence electrons. The number of ether oxygens (including phenoxy) is 1. The van der Waals surface area contributed by atoms with Gasteiger partial charge in [-0.3, -0.25) is 4.79 Å². The summed E-state index contributed by atoms with van der Waals surface area (Å²) in [5, 5.41) is 2.88. The van der Waals surface area contributed by atoms with E-state index in [0.717, 1.165) is 6.42 Å². The van der Waals surface area contributed by atoms with E-state index in [1.165, 1.54) is 0 Å². The van der Waals surface area contributed by atoms with E-state index < -0.39 is 11.4 Å². The zero-order chi connectivity index (χ0) is 16.8. The lowest BCUT2D eigenvalue weighted by atomic mass is 9.68. The third kappa shape index (κ3) is 6.78. The van der Waals surface area contributed by atoms with Crippen molar-refractivity contribution < 1.29 is 14.3 Å². The van der Waals surface area contributed by atoms with E-state index in [1.54, 1.807) is 6.92 Å². The van der Waals surface area contributed by atoms with Crippen LogP contribution in [0.15, 0.2) is 12.2 Å². The van der Waals surface area contributed by atoms with Gasteiger partial charge in [-0.15, -0.1) is 0 Å². The summed E-state index contributed by atoms with van der Waals surface area (Å²) < 4.78 is 4.97. The van der Waals surface area contributed by atoms with Gasteiger partial charge in [-0.25, -0.2) is 4.79 Å². The smallest absolute Gasteiger partial charge is 0.333 e. The summed E-state index contributed by atoms with van der Waals surface area (Å²) in [6.07, 6.45) is 0.801. The molecule has 1 unspecified atom stereocenters. The van der Waals surface area contributed by atoms with E-state index in [1.807, 2.05) is 6.92 Å². The molecule has 0 heterocycles. The number of esters is 1. The van der Waals surface area contributed by atoms with E-state index in [0.29, 0.717) is 12.1 Å². The van der Waals surface area contributed by atoms with Crippen LogP contribution in [0.25, 0.3) is 0 Å². The average molecular weight is 297 g/mol. The van der Waals surface area contributed by atoms with Crippen molar-refractivity contribution in [1.29, 1.82) is 0 Å². The molecule has 1 N–H and O–H groups in total. The van der Waals surface area contributed by atoms with Crippen LogP contribution in [0.2, 0.25) is 0 Å². The second-order valence-electron chi connectivity index (χ2n) is 7.48. The molecule has 0 aromatic heterocycles. The monoisotopic (exact) mass is 297 g/mol. The van der Waals surface area contributed by atoms with Gasteiger partial charge in [0.05, 0.1) is 6.54 Å². The van der Waals surface area contributed by atoms with E-state index in [-0.39, 0.29) is 23.8 Å². The Morgan fingerprint density at radius 3 is 2.10 bits per heavy atom. The number of carbonyl (C=O) groups excluding carboxylic acids is 2. The van der Waals surface area contributed by atoms with Gasteiger partial charge in [-0.1, -0.05) is 48.1 Å². The first-order valence-electron chi connectivity index (χ1n) is 7.51. The maximum absolute atomic E-state index is 12.5. The Bertz CT molecular complexity index is 393. The fourth-order valence-corrected chi connectivity index (χ4v) is 2.28. The number of nitrogens with one attached hydrogen (secondary N) is 1. The molecule has 0 rings (SSSR count). The molecule has 0 aliphatic carbocycles. The first-order chi connectivity index (χ1) is 9.40. The molecule has 0 radical (unpaired) electrons. The highest BCUT2D eigenvalue weighted by Gasteiger charge is 2.39. The summed E-state index contributed by atoms with van der Waals surface area (Å²) >= 11 is 0. The molecule has 0 aromatic carbocycles. The van der Waals surface area contributed by atoms with Crippen molar-refractivity contribution in [3.63, 3.8) is 0 Å². The Morgan fingerprint density at radius 2 is 1.71 bits per heavy atom. The molecule has 1 amide bonds. The van der Waals surface area contributed by atoms with Crippen LogP contribution in [0.4, 0.5) is 0 Å². The maximum Gasteiger partial charge on any atom is 0.333 e. The van der Waals surface area contributed by atoms with Gasteiger partial charge in [0.25, 0.3) is 0 Å². The minimum absolute atomic E-state index is 0.0128. The fourth-order valence-electron chi connectivity index (χ4n) is 2.28. The van der Waals surface area contributed by atoms with Crippen molar-refractivity contribution in [3.05, 3.63) is 12.2 Å². The minimum Gasteiger partial charge on any atom is -0.460 e. The van der Waals surface area contributed by atoms with Gasteiger partial charge in [0.1, 0.15) is 6.61 Å². The van der Waals surface area contributed by atoms with Gasteiger partial charge in [0.15, 0.2) is 0 Å². The molecular weight excluding hydrogens is 266 g/mol. The highest BCUT2D eigenvalue weighted by atomic mass is 16.5. The predicted molar refractivity (Wildman–Crippen MR) is 85.8 cm³/mol. The molecule has 0 aliphatic rings. The third-order valence-corrected chi connectivity index (χ3v) is 3.66. The minimum atomic E-state index is -0.434.